The Morgan fingerprint density at radius 3 is 2.80 bits per heavy atom. The highest BCUT2D eigenvalue weighted by atomic mass is 79.9. The first-order valence-electron chi connectivity index (χ1n) is 6.92. The van der Waals surface area contributed by atoms with E-state index in [1.165, 1.54) is 12.8 Å². The summed E-state index contributed by atoms with van der Waals surface area (Å²) in [5, 5.41) is 5.70. The van der Waals surface area contributed by atoms with Crippen molar-refractivity contribution in [3.8, 4) is 0 Å². The van der Waals surface area contributed by atoms with Gasteiger partial charge in [0.05, 0.1) is 16.1 Å². The second-order valence-electron chi connectivity index (χ2n) is 5.31. The van der Waals surface area contributed by atoms with Crippen molar-refractivity contribution >= 4 is 50.1 Å². The zero-order chi connectivity index (χ0) is 14.3. The van der Waals surface area contributed by atoms with Crippen molar-refractivity contribution < 1.29 is 4.42 Å². The molecule has 1 N–H and O–H groups in total. The number of halogens is 3. The molecule has 2 aromatic rings. The fraction of sp³-hybridized carbons (Fsp3) is 0.467. The number of fused-ring (bicyclic) bond motifs is 1. The smallest absolute Gasteiger partial charge is 0.154 e. The minimum Gasteiger partial charge on any atom is -0.458 e. The molecule has 0 radical (unpaired) electrons. The van der Waals surface area contributed by atoms with Gasteiger partial charge in [-0.2, -0.15) is 0 Å². The van der Waals surface area contributed by atoms with Gasteiger partial charge in [-0.05, 0) is 59.8 Å². The fourth-order valence-electron chi connectivity index (χ4n) is 2.50. The number of nitrogens with one attached hydrogen (secondary N) is 1. The molecule has 0 amide bonds. The molecule has 1 unspecified atom stereocenters. The first-order valence-corrected chi connectivity index (χ1v) is 8.47. The van der Waals surface area contributed by atoms with E-state index < -0.39 is 0 Å². The van der Waals surface area contributed by atoms with Crippen molar-refractivity contribution in [3.63, 3.8) is 0 Å². The molecule has 2 nitrogen and oxygen atoms in total. The van der Waals surface area contributed by atoms with Crippen LogP contribution in [0.2, 0.25) is 10.0 Å². The van der Waals surface area contributed by atoms with Crippen LogP contribution in [0.15, 0.2) is 21.0 Å². The van der Waals surface area contributed by atoms with E-state index in [-0.39, 0.29) is 6.04 Å². The molecular formula is C15H16BrCl2NO. The Hall–Kier alpha value is -0.220. The van der Waals surface area contributed by atoms with Gasteiger partial charge in [0.2, 0.25) is 0 Å². The van der Waals surface area contributed by atoms with Crippen molar-refractivity contribution in [1.82, 2.24) is 5.32 Å². The van der Waals surface area contributed by atoms with Gasteiger partial charge >= 0.3 is 0 Å². The van der Waals surface area contributed by atoms with Gasteiger partial charge in [0.1, 0.15) is 5.76 Å². The third kappa shape index (κ3) is 2.74. The van der Waals surface area contributed by atoms with Crippen LogP contribution in [0.4, 0.5) is 0 Å². The monoisotopic (exact) mass is 375 g/mol. The highest BCUT2D eigenvalue weighted by Crippen LogP contribution is 2.45. The van der Waals surface area contributed by atoms with Crippen molar-refractivity contribution in [3.05, 3.63) is 32.4 Å². The van der Waals surface area contributed by atoms with E-state index in [2.05, 4.69) is 28.2 Å². The van der Waals surface area contributed by atoms with Crippen LogP contribution >= 0.6 is 39.1 Å². The molecule has 1 aromatic carbocycles. The van der Waals surface area contributed by atoms with Crippen LogP contribution in [0.1, 0.15) is 38.0 Å². The molecule has 1 aromatic heterocycles. The molecule has 1 fully saturated rings. The Morgan fingerprint density at radius 1 is 1.40 bits per heavy atom. The van der Waals surface area contributed by atoms with E-state index in [1.54, 1.807) is 6.07 Å². The van der Waals surface area contributed by atoms with Gasteiger partial charge in [0.25, 0.3) is 0 Å². The van der Waals surface area contributed by atoms with E-state index in [0.717, 1.165) is 28.6 Å². The summed E-state index contributed by atoms with van der Waals surface area (Å²) in [7, 11) is 0. The second kappa shape index (κ2) is 5.88. The van der Waals surface area contributed by atoms with Gasteiger partial charge in [0.15, 0.2) is 5.58 Å². The maximum atomic E-state index is 6.33. The topological polar surface area (TPSA) is 25.2 Å². The molecule has 20 heavy (non-hydrogen) atoms. The summed E-state index contributed by atoms with van der Waals surface area (Å²) in [5.74, 6) is 1.61. The van der Waals surface area contributed by atoms with Crippen molar-refractivity contribution in [2.75, 3.05) is 6.54 Å². The number of furan rings is 1. The minimum atomic E-state index is 0.272. The molecule has 0 bridgehead atoms. The lowest BCUT2D eigenvalue weighted by Gasteiger charge is -2.14. The van der Waals surface area contributed by atoms with Crippen LogP contribution in [-0.2, 0) is 0 Å². The molecule has 0 saturated heterocycles. The highest BCUT2D eigenvalue weighted by Gasteiger charge is 2.34. The molecule has 3 rings (SSSR count). The van der Waals surface area contributed by atoms with Crippen LogP contribution in [0.3, 0.4) is 0 Å². The van der Waals surface area contributed by atoms with E-state index in [4.69, 9.17) is 27.6 Å². The van der Waals surface area contributed by atoms with E-state index in [0.29, 0.717) is 21.5 Å². The summed E-state index contributed by atoms with van der Waals surface area (Å²) in [5.41, 5.74) is 0.679. The predicted molar refractivity (Wildman–Crippen MR) is 87.7 cm³/mol. The Labute approximate surface area is 136 Å². The summed E-state index contributed by atoms with van der Waals surface area (Å²) >= 11 is 16.0. The molecule has 108 valence electrons. The van der Waals surface area contributed by atoms with Crippen molar-refractivity contribution in [2.45, 2.75) is 32.2 Å². The van der Waals surface area contributed by atoms with Crippen LogP contribution < -0.4 is 5.32 Å². The standard InChI is InChI=1S/C15H16BrCl2NO/c1-2-5-19-14(8-3-4-8)12-6-9-13(18)10(16)7-11(17)15(9)20-12/h6-8,14,19H,2-5H2,1H3. The zero-order valence-electron chi connectivity index (χ0n) is 11.2. The zero-order valence-corrected chi connectivity index (χ0v) is 14.3. The van der Waals surface area contributed by atoms with Gasteiger partial charge in [-0.25, -0.2) is 0 Å². The molecule has 1 aliphatic rings. The molecule has 5 heteroatoms. The van der Waals surface area contributed by atoms with Crippen LogP contribution in [0.25, 0.3) is 11.0 Å². The molecular weight excluding hydrogens is 361 g/mol. The first-order chi connectivity index (χ1) is 9.61. The lowest BCUT2D eigenvalue weighted by Crippen LogP contribution is -2.23. The summed E-state index contributed by atoms with van der Waals surface area (Å²) in [4.78, 5) is 0. The van der Waals surface area contributed by atoms with Crippen molar-refractivity contribution in [1.29, 1.82) is 0 Å². The number of benzene rings is 1. The molecule has 0 spiro atoms. The average molecular weight is 377 g/mol. The van der Waals surface area contributed by atoms with Crippen LogP contribution in [0.5, 0.6) is 0 Å². The van der Waals surface area contributed by atoms with Gasteiger partial charge in [-0.1, -0.05) is 30.1 Å². The van der Waals surface area contributed by atoms with Gasteiger partial charge < -0.3 is 9.73 Å². The average Bonchev–Trinajstić information content (AvgIpc) is 3.15. The first kappa shape index (κ1) is 14.7. The van der Waals surface area contributed by atoms with Crippen molar-refractivity contribution in [2.24, 2.45) is 5.92 Å². The SMILES string of the molecule is CCCNC(c1cc2c(Cl)c(Br)cc(Cl)c2o1)C1CC1. The maximum Gasteiger partial charge on any atom is 0.154 e. The number of hydrogen-bond acceptors (Lipinski definition) is 2. The predicted octanol–water partition coefficient (Wildman–Crippen LogP) is 5.95. The largest absolute Gasteiger partial charge is 0.458 e. The summed E-state index contributed by atoms with van der Waals surface area (Å²) in [6.07, 6.45) is 3.61. The third-order valence-electron chi connectivity index (χ3n) is 3.68. The fourth-order valence-corrected chi connectivity index (χ4v) is 3.52. The van der Waals surface area contributed by atoms with Gasteiger partial charge in [0, 0.05) is 9.86 Å². The van der Waals surface area contributed by atoms with Gasteiger partial charge in [-0.15, -0.1) is 0 Å². The lowest BCUT2D eigenvalue weighted by molar-refractivity contribution is 0.397. The minimum absolute atomic E-state index is 0.272. The maximum absolute atomic E-state index is 6.33. The van der Waals surface area contributed by atoms with E-state index in [1.807, 2.05) is 6.07 Å². The quantitative estimate of drug-likeness (QED) is 0.652. The van der Waals surface area contributed by atoms with Crippen LogP contribution in [-0.4, -0.2) is 6.54 Å². The molecule has 0 aliphatic heterocycles. The normalized spacial score (nSPS) is 16.8. The lowest BCUT2D eigenvalue weighted by atomic mass is 10.1. The Bertz CT molecular complexity index is 636. The summed E-state index contributed by atoms with van der Waals surface area (Å²) in [6, 6.07) is 4.08. The molecule has 1 saturated carbocycles. The Morgan fingerprint density at radius 2 is 2.15 bits per heavy atom. The Kier molecular flexibility index (Phi) is 4.32. The summed E-state index contributed by atoms with van der Waals surface area (Å²) in [6.45, 7) is 3.16. The summed E-state index contributed by atoms with van der Waals surface area (Å²) < 4.78 is 6.79. The van der Waals surface area contributed by atoms with Crippen LogP contribution in [0, 0.1) is 5.92 Å². The van der Waals surface area contributed by atoms with E-state index in [9.17, 15) is 0 Å². The third-order valence-corrected chi connectivity index (χ3v) is 5.22. The molecule has 1 atom stereocenters. The molecule has 1 aliphatic carbocycles. The highest BCUT2D eigenvalue weighted by molar-refractivity contribution is 9.10. The number of hydrogen-bond donors (Lipinski definition) is 1. The number of rotatable bonds is 5. The second-order valence-corrected chi connectivity index (χ2v) is 6.95. The Balaban J connectivity index is 2.02. The molecule has 1 heterocycles. The van der Waals surface area contributed by atoms with Gasteiger partial charge in [-0.3, -0.25) is 0 Å². The van der Waals surface area contributed by atoms with E-state index >= 15 is 0 Å².